The van der Waals surface area contributed by atoms with E-state index in [1.54, 1.807) is 0 Å². The number of carboxylic acid groups (broad SMARTS) is 1. The summed E-state index contributed by atoms with van der Waals surface area (Å²) in [6, 6.07) is 1.52. The molecule has 0 saturated carbocycles. The van der Waals surface area contributed by atoms with Crippen LogP contribution in [0.2, 0.25) is 0 Å². The summed E-state index contributed by atoms with van der Waals surface area (Å²) in [6.07, 6.45) is 2.57. The molecule has 0 spiro atoms. The minimum absolute atomic E-state index is 0.329. The van der Waals surface area contributed by atoms with E-state index in [0.29, 0.717) is 25.0 Å². The minimum Gasteiger partial charge on any atom is -0.481 e. The lowest BCUT2D eigenvalue weighted by Crippen LogP contribution is -2.57. The van der Waals surface area contributed by atoms with E-state index in [0.717, 1.165) is 0 Å². The molecule has 0 aromatic carbocycles. The third-order valence-corrected chi connectivity index (χ3v) is 2.28. The second-order valence-corrected chi connectivity index (χ2v) is 3.94. The van der Waals surface area contributed by atoms with Gasteiger partial charge in [-0.1, -0.05) is 0 Å². The van der Waals surface area contributed by atoms with Crippen molar-refractivity contribution in [1.29, 1.82) is 0 Å². The molecule has 1 aromatic rings. The minimum atomic E-state index is -1.27. The van der Waals surface area contributed by atoms with Crippen LogP contribution in [0.3, 0.4) is 0 Å². The molecule has 8 nitrogen and oxygen atoms in total. The fraction of sp³-hybridized carbons (Fsp3) is 0.556. The zero-order valence-corrected chi connectivity index (χ0v) is 9.28. The molecule has 0 bridgehead atoms. The number of rotatable bonds is 6. The monoisotopic (exact) mass is 240 g/mol. The van der Waals surface area contributed by atoms with Crippen molar-refractivity contribution in [3.05, 3.63) is 18.0 Å². The van der Waals surface area contributed by atoms with Crippen LogP contribution in [-0.4, -0.2) is 32.3 Å². The number of carboxylic acids is 1. The highest BCUT2D eigenvalue weighted by Gasteiger charge is 2.22. The fourth-order valence-corrected chi connectivity index (χ4v) is 1.45. The smallest absolute Gasteiger partial charge is 0.312 e. The predicted molar refractivity (Wildman–Crippen MR) is 59.3 cm³/mol. The van der Waals surface area contributed by atoms with Gasteiger partial charge < -0.3 is 22.3 Å². The van der Waals surface area contributed by atoms with Gasteiger partial charge >= 0.3 is 5.97 Å². The number of nitrogens with zero attached hydrogens (tertiary/aromatic N) is 3. The van der Waals surface area contributed by atoms with E-state index in [1.165, 1.54) is 12.3 Å². The average molecular weight is 240 g/mol. The van der Waals surface area contributed by atoms with E-state index in [-0.39, 0.29) is 0 Å². The van der Waals surface area contributed by atoms with Gasteiger partial charge in [-0.25, -0.2) is 0 Å². The Morgan fingerprint density at radius 2 is 2.18 bits per heavy atom. The number of nitrogens with two attached hydrogens (primary N) is 3. The van der Waals surface area contributed by atoms with Crippen molar-refractivity contribution in [2.24, 2.45) is 17.2 Å². The van der Waals surface area contributed by atoms with Gasteiger partial charge in [0.05, 0.1) is 11.9 Å². The Morgan fingerprint density at radius 1 is 1.47 bits per heavy atom. The van der Waals surface area contributed by atoms with E-state index < -0.39 is 17.7 Å². The molecular formula is C9H16N6O2. The Labute approximate surface area is 98.2 Å². The molecule has 17 heavy (non-hydrogen) atoms. The number of aliphatic carboxylic acids is 1. The summed E-state index contributed by atoms with van der Waals surface area (Å²) in [5.41, 5.74) is 16.6. The number of hydrogen-bond acceptors (Lipinski definition) is 7. The van der Waals surface area contributed by atoms with E-state index in [4.69, 9.17) is 22.3 Å². The van der Waals surface area contributed by atoms with Gasteiger partial charge in [-0.3, -0.25) is 4.79 Å². The molecule has 0 aliphatic carbocycles. The molecule has 94 valence electrons. The van der Waals surface area contributed by atoms with Crippen molar-refractivity contribution in [3.8, 4) is 0 Å². The third-order valence-electron chi connectivity index (χ3n) is 2.28. The first kappa shape index (κ1) is 13.4. The molecule has 0 amide bonds. The van der Waals surface area contributed by atoms with Gasteiger partial charge in [0.25, 0.3) is 0 Å². The highest BCUT2D eigenvalue weighted by Crippen LogP contribution is 2.20. The van der Waals surface area contributed by atoms with Crippen LogP contribution in [0.15, 0.2) is 12.3 Å². The molecule has 1 rings (SSSR count). The van der Waals surface area contributed by atoms with Crippen LogP contribution in [0.4, 0.5) is 0 Å². The lowest BCUT2D eigenvalue weighted by Gasteiger charge is -2.19. The standard InChI is InChI=1S/C9H16N6O2/c10-9(11,12)4-1-2-6(8(16)17)7-3-5-13-15-14-7/h3,5-6H,1-2,4,10-12H2,(H,16,17). The molecule has 8 heteroatoms. The van der Waals surface area contributed by atoms with Gasteiger partial charge in [0.15, 0.2) is 0 Å². The van der Waals surface area contributed by atoms with Gasteiger partial charge in [-0.2, -0.15) is 0 Å². The normalized spacial score (nSPS) is 13.4. The van der Waals surface area contributed by atoms with Gasteiger partial charge in [0.1, 0.15) is 11.7 Å². The lowest BCUT2D eigenvalue weighted by molar-refractivity contribution is -0.139. The molecule has 0 aliphatic heterocycles. The Morgan fingerprint density at radius 3 is 2.65 bits per heavy atom. The van der Waals surface area contributed by atoms with Gasteiger partial charge in [-0.05, 0) is 30.5 Å². The number of aromatic nitrogens is 3. The van der Waals surface area contributed by atoms with Crippen molar-refractivity contribution in [1.82, 2.24) is 15.4 Å². The molecule has 0 radical (unpaired) electrons. The summed E-state index contributed by atoms with van der Waals surface area (Å²) in [7, 11) is 0. The largest absolute Gasteiger partial charge is 0.481 e. The number of hydrogen-bond donors (Lipinski definition) is 4. The maximum absolute atomic E-state index is 11.1. The third kappa shape index (κ3) is 4.81. The maximum Gasteiger partial charge on any atom is 0.312 e. The molecule has 1 atom stereocenters. The van der Waals surface area contributed by atoms with Crippen LogP contribution in [0.1, 0.15) is 30.9 Å². The fourth-order valence-electron chi connectivity index (χ4n) is 1.45. The summed E-state index contributed by atoms with van der Waals surface area (Å²) >= 11 is 0. The maximum atomic E-state index is 11.1. The zero-order chi connectivity index (χ0) is 12.9. The second-order valence-electron chi connectivity index (χ2n) is 3.94. The van der Waals surface area contributed by atoms with Gasteiger partial charge in [0.2, 0.25) is 0 Å². The lowest BCUT2D eigenvalue weighted by atomic mass is 9.97. The summed E-state index contributed by atoms with van der Waals surface area (Å²) in [4.78, 5) is 11.1. The topological polar surface area (TPSA) is 154 Å². The SMILES string of the molecule is NC(N)(N)CCCC(C(=O)O)c1ccnnn1. The molecule has 0 fully saturated rings. The Hall–Kier alpha value is -1.64. The van der Waals surface area contributed by atoms with Crippen molar-refractivity contribution >= 4 is 5.97 Å². The van der Waals surface area contributed by atoms with Crippen molar-refractivity contribution < 1.29 is 9.90 Å². The average Bonchev–Trinajstić information content (AvgIpc) is 2.23. The van der Waals surface area contributed by atoms with Crippen LogP contribution in [0, 0.1) is 0 Å². The molecule has 0 saturated heterocycles. The van der Waals surface area contributed by atoms with E-state index in [1.807, 2.05) is 0 Å². The molecule has 7 N–H and O–H groups in total. The Bertz CT molecular complexity index is 363. The van der Waals surface area contributed by atoms with Crippen LogP contribution < -0.4 is 17.2 Å². The zero-order valence-electron chi connectivity index (χ0n) is 9.28. The highest BCUT2D eigenvalue weighted by molar-refractivity contribution is 5.75. The van der Waals surface area contributed by atoms with Gasteiger partial charge in [0, 0.05) is 0 Å². The van der Waals surface area contributed by atoms with E-state index >= 15 is 0 Å². The predicted octanol–water partition coefficient (Wildman–Crippen LogP) is -1.26. The first-order chi connectivity index (χ1) is 7.90. The molecule has 0 aliphatic rings. The second kappa shape index (κ2) is 5.62. The van der Waals surface area contributed by atoms with Crippen LogP contribution in [0.5, 0.6) is 0 Å². The molecule has 1 unspecified atom stereocenters. The Kier molecular flexibility index (Phi) is 4.44. The van der Waals surface area contributed by atoms with Crippen LogP contribution >= 0.6 is 0 Å². The summed E-state index contributed by atoms with van der Waals surface area (Å²) in [5.74, 6) is -2.98. The quantitative estimate of drug-likeness (QED) is 0.449. The van der Waals surface area contributed by atoms with Crippen molar-refractivity contribution in [2.45, 2.75) is 31.0 Å². The highest BCUT2D eigenvalue weighted by atomic mass is 16.4. The van der Waals surface area contributed by atoms with Gasteiger partial charge in [-0.15, -0.1) is 10.2 Å². The molecule has 1 heterocycles. The van der Waals surface area contributed by atoms with Crippen molar-refractivity contribution in [2.75, 3.05) is 0 Å². The van der Waals surface area contributed by atoms with Crippen LogP contribution in [0.25, 0.3) is 0 Å². The summed E-state index contributed by atoms with van der Waals surface area (Å²) < 4.78 is 0. The van der Waals surface area contributed by atoms with E-state index in [9.17, 15) is 4.79 Å². The Balaban J connectivity index is 2.60. The first-order valence-corrected chi connectivity index (χ1v) is 5.14. The van der Waals surface area contributed by atoms with Crippen molar-refractivity contribution in [3.63, 3.8) is 0 Å². The van der Waals surface area contributed by atoms with E-state index in [2.05, 4.69) is 15.4 Å². The summed E-state index contributed by atoms with van der Waals surface area (Å²) in [5, 5.41) is 19.7. The first-order valence-electron chi connectivity index (χ1n) is 5.14. The number of carbonyl (C=O) groups is 1. The van der Waals surface area contributed by atoms with Crippen LogP contribution in [-0.2, 0) is 4.79 Å². The molecular weight excluding hydrogens is 224 g/mol. The molecule has 1 aromatic heterocycles. The summed E-state index contributed by atoms with van der Waals surface area (Å²) in [6.45, 7) is 0.